The summed E-state index contributed by atoms with van der Waals surface area (Å²) in [6.45, 7) is 0.733. The van der Waals surface area contributed by atoms with Crippen molar-refractivity contribution < 1.29 is 9.84 Å². The Morgan fingerprint density at radius 1 is 1.50 bits per heavy atom. The van der Waals surface area contributed by atoms with E-state index in [-0.39, 0.29) is 6.61 Å². The Hall–Kier alpha value is -0.730. The Morgan fingerprint density at radius 2 is 2.33 bits per heavy atom. The van der Waals surface area contributed by atoms with Crippen molar-refractivity contribution in [3.05, 3.63) is 28.3 Å². The third kappa shape index (κ3) is 1.17. The van der Waals surface area contributed by atoms with Crippen molar-refractivity contribution in [1.82, 2.24) is 0 Å². The topological polar surface area (TPSA) is 29.5 Å². The molecule has 1 aliphatic rings. The first-order valence-electron chi connectivity index (χ1n) is 3.86. The van der Waals surface area contributed by atoms with Crippen molar-refractivity contribution in [2.45, 2.75) is 13.0 Å². The molecule has 64 valence electrons. The van der Waals surface area contributed by atoms with Gasteiger partial charge in [-0.1, -0.05) is 11.6 Å². The zero-order chi connectivity index (χ0) is 8.55. The number of halogens is 1. The summed E-state index contributed by atoms with van der Waals surface area (Å²) in [5.41, 5.74) is 1.95. The Balaban J connectivity index is 2.51. The van der Waals surface area contributed by atoms with Crippen LogP contribution in [0.5, 0.6) is 5.75 Å². The van der Waals surface area contributed by atoms with Crippen LogP contribution in [0.2, 0.25) is 5.02 Å². The molecule has 1 heterocycles. The molecule has 1 aliphatic heterocycles. The monoisotopic (exact) mass is 184 g/mol. The molecular formula is C9H9ClO2. The van der Waals surface area contributed by atoms with Gasteiger partial charge in [-0.05, 0) is 23.3 Å². The molecule has 2 nitrogen and oxygen atoms in total. The highest BCUT2D eigenvalue weighted by Crippen LogP contribution is 2.34. The Labute approximate surface area is 75.7 Å². The number of ether oxygens (including phenoxy) is 1. The zero-order valence-corrected chi connectivity index (χ0v) is 7.27. The van der Waals surface area contributed by atoms with Gasteiger partial charge in [-0.15, -0.1) is 0 Å². The molecule has 0 bridgehead atoms. The molecule has 2 rings (SSSR count). The summed E-state index contributed by atoms with van der Waals surface area (Å²) in [4.78, 5) is 0. The predicted molar refractivity (Wildman–Crippen MR) is 46.6 cm³/mol. The normalized spacial score (nSPS) is 14.2. The van der Waals surface area contributed by atoms with Crippen LogP contribution < -0.4 is 4.74 Å². The summed E-state index contributed by atoms with van der Waals surface area (Å²) < 4.78 is 5.32. The maximum atomic E-state index is 8.89. The predicted octanol–water partition coefficient (Wildman–Crippen LogP) is 1.77. The van der Waals surface area contributed by atoms with Crippen LogP contribution in [0.15, 0.2) is 12.1 Å². The Bertz CT molecular complexity index is 310. The van der Waals surface area contributed by atoms with E-state index in [0.717, 1.165) is 23.3 Å². The number of aliphatic hydroxyl groups is 1. The molecule has 0 spiro atoms. The van der Waals surface area contributed by atoms with E-state index in [1.165, 1.54) is 0 Å². The molecule has 0 saturated carbocycles. The lowest BCUT2D eigenvalue weighted by Crippen LogP contribution is -1.87. The summed E-state index contributed by atoms with van der Waals surface area (Å²) in [6, 6.07) is 3.68. The number of benzene rings is 1. The van der Waals surface area contributed by atoms with E-state index in [1.54, 1.807) is 6.07 Å². The van der Waals surface area contributed by atoms with Gasteiger partial charge in [-0.2, -0.15) is 0 Å². The van der Waals surface area contributed by atoms with Gasteiger partial charge in [0.2, 0.25) is 0 Å². The van der Waals surface area contributed by atoms with Gasteiger partial charge in [0.25, 0.3) is 0 Å². The summed E-state index contributed by atoms with van der Waals surface area (Å²) in [5, 5.41) is 9.50. The van der Waals surface area contributed by atoms with E-state index in [2.05, 4.69) is 0 Å². The minimum Gasteiger partial charge on any atom is -0.491 e. The summed E-state index contributed by atoms with van der Waals surface area (Å²) in [7, 11) is 0. The molecule has 1 aromatic carbocycles. The van der Waals surface area contributed by atoms with Gasteiger partial charge in [0.15, 0.2) is 0 Å². The highest BCUT2D eigenvalue weighted by Gasteiger charge is 2.16. The second-order valence-electron chi connectivity index (χ2n) is 2.82. The van der Waals surface area contributed by atoms with E-state index >= 15 is 0 Å². The first-order chi connectivity index (χ1) is 5.81. The van der Waals surface area contributed by atoms with Crippen LogP contribution in [0.4, 0.5) is 0 Å². The van der Waals surface area contributed by atoms with Crippen molar-refractivity contribution in [3.63, 3.8) is 0 Å². The molecule has 0 aliphatic carbocycles. The number of fused-ring (bicyclic) bond motifs is 1. The van der Waals surface area contributed by atoms with Crippen molar-refractivity contribution in [2.75, 3.05) is 6.61 Å². The third-order valence-electron chi connectivity index (χ3n) is 1.98. The number of hydrogen-bond donors (Lipinski definition) is 1. The zero-order valence-electron chi connectivity index (χ0n) is 6.51. The molecule has 0 radical (unpaired) electrons. The minimum absolute atomic E-state index is 0.0347. The third-order valence-corrected chi connectivity index (χ3v) is 2.26. The number of rotatable bonds is 1. The molecule has 1 N–H and O–H groups in total. The largest absolute Gasteiger partial charge is 0.491 e. The second kappa shape index (κ2) is 2.96. The highest BCUT2D eigenvalue weighted by molar-refractivity contribution is 6.32. The summed E-state index contributed by atoms with van der Waals surface area (Å²) >= 11 is 5.92. The van der Waals surface area contributed by atoms with Gasteiger partial charge in [-0.25, -0.2) is 0 Å². The van der Waals surface area contributed by atoms with Crippen molar-refractivity contribution in [2.24, 2.45) is 0 Å². The quantitative estimate of drug-likeness (QED) is 0.721. The van der Waals surface area contributed by atoms with E-state index in [4.69, 9.17) is 21.4 Å². The SMILES string of the molecule is OCc1cc(Cl)c2c(c1)CCO2. The average molecular weight is 185 g/mol. The van der Waals surface area contributed by atoms with Crippen molar-refractivity contribution >= 4 is 11.6 Å². The standard InChI is InChI=1S/C9H9ClO2/c10-8-4-6(5-11)3-7-1-2-12-9(7)8/h3-4,11H,1-2,5H2. The van der Waals surface area contributed by atoms with E-state index in [9.17, 15) is 0 Å². The molecule has 0 fully saturated rings. The fourth-order valence-corrected chi connectivity index (χ4v) is 1.73. The maximum Gasteiger partial charge on any atom is 0.141 e. The van der Waals surface area contributed by atoms with Crippen molar-refractivity contribution in [1.29, 1.82) is 0 Å². The van der Waals surface area contributed by atoms with E-state index < -0.39 is 0 Å². The van der Waals surface area contributed by atoms with Crippen LogP contribution in [0.3, 0.4) is 0 Å². The van der Waals surface area contributed by atoms with Crippen LogP contribution in [-0.2, 0) is 13.0 Å². The fraction of sp³-hybridized carbons (Fsp3) is 0.333. The van der Waals surface area contributed by atoms with Crippen LogP contribution in [0.1, 0.15) is 11.1 Å². The molecule has 0 atom stereocenters. The first-order valence-corrected chi connectivity index (χ1v) is 4.24. The molecule has 0 aromatic heterocycles. The van der Waals surface area contributed by atoms with Gasteiger partial charge in [-0.3, -0.25) is 0 Å². The lowest BCUT2D eigenvalue weighted by molar-refractivity contribution is 0.281. The second-order valence-corrected chi connectivity index (χ2v) is 3.23. The lowest BCUT2D eigenvalue weighted by atomic mass is 10.1. The lowest BCUT2D eigenvalue weighted by Gasteiger charge is -2.03. The van der Waals surface area contributed by atoms with Crippen LogP contribution in [0.25, 0.3) is 0 Å². The van der Waals surface area contributed by atoms with Gasteiger partial charge in [0.1, 0.15) is 5.75 Å². The smallest absolute Gasteiger partial charge is 0.141 e. The highest BCUT2D eigenvalue weighted by atomic mass is 35.5. The van der Waals surface area contributed by atoms with Crippen LogP contribution >= 0.6 is 11.6 Å². The maximum absolute atomic E-state index is 8.89. The van der Waals surface area contributed by atoms with E-state index in [0.29, 0.717) is 11.6 Å². The Kier molecular flexibility index (Phi) is 1.95. The van der Waals surface area contributed by atoms with Gasteiger partial charge in [0, 0.05) is 6.42 Å². The summed E-state index contributed by atoms with van der Waals surface area (Å²) in [5.74, 6) is 0.786. The molecule has 1 aromatic rings. The Morgan fingerprint density at radius 3 is 3.08 bits per heavy atom. The molecule has 3 heteroatoms. The fourth-order valence-electron chi connectivity index (χ4n) is 1.41. The number of aliphatic hydroxyl groups excluding tert-OH is 1. The molecular weight excluding hydrogens is 176 g/mol. The number of hydrogen-bond acceptors (Lipinski definition) is 2. The minimum atomic E-state index is 0.0347. The molecule has 0 amide bonds. The van der Waals surface area contributed by atoms with Crippen LogP contribution in [-0.4, -0.2) is 11.7 Å². The summed E-state index contributed by atoms with van der Waals surface area (Å²) in [6.07, 6.45) is 0.892. The van der Waals surface area contributed by atoms with Gasteiger partial charge < -0.3 is 9.84 Å². The molecule has 0 saturated heterocycles. The van der Waals surface area contributed by atoms with Crippen molar-refractivity contribution in [3.8, 4) is 5.75 Å². The molecule has 0 unspecified atom stereocenters. The van der Waals surface area contributed by atoms with Gasteiger partial charge >= 0.3 is 0 Å². The molecule has 12 heavy (non-hydrogen) atoms. The van der Waals surface area contributed by atoms with Gasteiger partial charge in [0.05, 0.1) is 18.2 Å². The average Bonchev–Trinajstić information content (AvgIpc) is 2.52. The van der Waals surface area contributed by atoms with E-state index in [1.807, 2.05) is 6.07 Å². The van der Waals surface area contributed by atoms with Crippen LogP contribution in [0, 0.1) is 0 Å². The first kappa shape index (κ1) is 7.90.